The number of hydrogen-bond acceptors (Lipinski definition) is 4. The van der Waals surface area contributed by atoms with Crippen molar-refractivity contribution >= 4 is 28.4 Å². The SMILES string of the molecule is CCC(=O)N1c2ccc(C(=O)Cn3nnc4ccccc43)cc2CC1C. The Bertz CT molecular complexity index is 1010. The van der Waals surface area contributed by atoms with Gasteiger partial charge in [0.15, 0.2) is 5.78 Å². The molecule has 1 aromatic heterocycles. The Kier molecular flexibility index (Phi) is 4.03. The molecule has 0 fully saturated rings. The number of hydrogen-bond donors (Lipinski definition) is 0. The van der Waals surface area contributed by atoms with Gasteiger partial charge in [0.2, 0.25) is 5.91 Å². The third-order valence-corrected chi connectivity index (χ3v) is 4.90. The molecule has 0 N–H and O–H groups in total. The average Bonchev–Trinajstić information content (AvgIpc) is 3.20. The van der Waals surface area contributed by atoms with Crippen molar-refractivity contribution in [3.8, 4) is 0 Å². The second-order valence-corrected chi connectivity index (χ2v) is 6.67. The minimum absolute atomic E-state index is 0.0172. The fraction of sp³-hybridized carbons (Fsp3) is 0.300. The molecular weight excluding hydrogens is 328 g/mol. The highest BCUT2D eigenvalue weighted by atomic mass is 16.2. The molecule has 6 nitrogen and oxygen atoms in total. The van der Waals surface area contributed by atoms with Crippen molar-refractivity contribution in [2.24, 2.45) is 0 Å². The third kappa shape index (κ3) is 2.67. The molecule has 26 heavy (non-hydrogen) atoms. The number of amides is 1. The molecule has 0 saturated heterocycles. The van der Waals surface area contributed by atoms with Crippen LogP contribution in [0.1, 0.15) is 36.2 Å². The van der Waals surface area contributed by atoms with Crippen LogP contribution in [0.15, 0.2) is 42.5 Å². The van der Waals surface area contributed by atoms with Crippen LogP contribution in [-0.4, -0.2) is 32.7 Å². The van der Waals surface area contributed by atoms with Gasteiger partial charge < -0.3 is 4.90 Å². The highest BCUT2D eigenvalue weighted by Crippen LogP contribution is 2.33. The summed E-state index contributed by atoms with van der Waals surface area (Å²) in [6.45, 7) is 4.05. The van der Waals surface area contributed by atoms with Gasteiger partial charge in [0, 0.05) is 23.7 Å². The third-order valence-electron chi connectivity index (χ3n) is 4.90. The molecule has 1 amide bonds. The number of carbonyl (C=O) groups excluding carboxylic acids is 2. The molecule has 1 atom stereocenters. The van der Waals surface area contributed by atoms with Gasteiger partial charge in [-0.25, -0.2) is 4.68 Å². The van der Waals surface area contributed by atoms with Crippen molar-refractivity contribution in [2.75, 3.05) is 4.90 Å². The first-order valence-electron chi connectivity index (χ1n) is 8.85. The number of carbonyl (C=O) groups is 2. The molecule has 4 rings (SSSR count). The van der Waals surface area contributed by atoms with Gasteiger partial charge >= 0.3 is 0 Å². The van der Waals surface area contributed by atoms with Gasteiger partial charge in [-0.1, -0.05) is 24.3 Å². The van der Waals surface area contributed by atoms with Gasteiger partial charge in [-0.05, 0) is 49.2 Å². The lowest BCUT2D eigenvalue weighted by Gasteiger charge is -2.22. The van der Waals surface area contributed by atoms with Gasteiger partial charge in [0.25, 0.3) is 0 Å². The van der Waals surface area contributed by atoms with E-state index in [1.165, 1.54) is 0 Å². The lowest BCUT2D eigenvalue weighted by molar-refractivity contribution is -0.118. The van der Waals surface area contributed by atoms with E-state index in [9.17, 15) is 9.59 Å². The summed E-state index contributed by atoms with van der Waals surface area (Å²) in [6, 6.07) is 13.3. The Balaban J connectivity index is 1.60. The first kappa shape index (κ1) is 16.4. The number of ketones is 1. The van der Waals surface area contributed by atoms with E-state index < -0.39 is 0 Å². The number of nitrogens with zero attached hydrogens (tertiary/aromatic N) is 4. The zero-order valence-corrected chi connectivity index (χ0v) is 14.8. The molecule has 0 radical (unpaired) electrons. The van der Waals surface area contributed by atoms with Crippen LogP contribution in [0.4, 0.5) is 5.69 Å². The number of Topliss-reactive ketones (excluding diaryl/α,β-unsaturated/α-hetero) is 1. The quantitative estimate of drug-likeness (QED) is 0.680. The summed E-state index contributed by atoms with van der Waals surface area (Å²) in [5, 5.41) is 8.17. The van der Waals surface area contributed by atoms with Crippen LogP contribution in [0.25, 0.3) is 11.0 Å². The molecule has 1 aliphatic rings. The summed E-state index contributed by atoms with van der Waals surface area (Å²) in [6.07, 6.45) is 1.25. The molecule has 6 heteroatoms. The molecule has 2 aromatic carbocycles. The molecule has 0 spiro atoms. The Morgan fingerprint density at radius 2 is 2.00 bits per heavy atom. The van der Waals surface area contributed by atoms with Crippen LogP contribution in [0, 0.1) is 0 Å². The van der Waals surface area contributed by atoms with Crippen LogP contribution in [-0.2, 0) is 17.8 Å². The predicted molar refractivity (Wildman–Crippen MR) is 99.2 cm³/mol. The van der Waals surface area contributed by atoms with E-state index in [1.807, 2.05) is 55.1 Å². The van der Waals surface area contributed by atoms with E-state index in [2.05, 4.69) is 10.3 Å². The Labute approximate surface area is 151 Å². The van der Waals surface area contributed by atoms with Crippen LogP contribution in [0.2, 0.25) is 0 Å². The summed E-state index contributed by atoms with van der Waals surface area (Å²) in [5.41, 5.74) is 4.23. The van der Waals surface area contributed by atoms with Crippen molar-refractivity contribution in [3.05, 3.63) is 53.6 Å². The van der Waals surface area contributed by atoms with Crippen molar-refractivity contribution < 1.29 is 9.59 Å². The lowest BCUT2D eigenvalue weighted by atomic mass is 10.0. The number of benzene rings is 2. The van der Waals surface area contributed by atoms with E-state index in [0.29, 0.717) is 12.0 Å². The molecule has 0 aliphatic carbocycles. The summed E-state index contributed by atoms with van der Waals surface area (Å²) in [4.78, 5) is 26.8. The maximum absolute atomic E-state index is 12.7. The number of anilines is 1. The minimum atomic E-state index is -0.0172. The first-order chi connectivity index (χ1) is 12.6. The molecule has 3 aromatic rings. The van der Waals surface area contributed by atoms with Crippen molar-refractivity contribution in [1.29, 1.82) is 0 Å². The van der Waals surface area contributed by atoms with E-state index in [4.69, 9.17) is 0 Å². The number of para-hydroxylation sites is 1. The second-order valence-electron chi connectivity index (χ2n) is 6.67. The van der Waals surface area contributed by atoms with Crippen molar-refractivity contribution in [2.45, 2.75) is 39.3 Å². The second kappa shape index (κ2) is 6.37. The van der Waals surface area contributed by atoms with Gasteiger partial charge in [-0.15, -0.1) is 5.10 Å². The molecule has 0 saturated carbocycles. The topological polar surface area (TPSA) is 68.1 Å². The summed E-state index contributed by atoms with van der Waals surface area (Å²) >= 11 is 0. The van der Waals surface area contributed by atoms with Gasteiger partial charge in [-0.3, -0.25) is 9.59 Å². The van der Waals surface area contributed by atoms with Gasteiger partial charge in [0.05, 0.1) is 5.52 Å². The lowest BCUT2D eigenvalue weighted by Crippen LogP contribution is -2.35. The maximum Gasteiger partial charge on any atom is 0.226 e. The van der Waals surface area contributed by atoms with Crippen LogP contribution < -0.4 is 4.90 Å². The van der Waals surface area contributed by atoms with Crippen LogP contribution in [0.3, 0.4) is 0 Å². The minimum Gasteiger partial charge on any atom is -0.309 e. The summed E-state index contributed by atoms with van der Waals surface area (Å²) in [5.74, 6) is 0.0980. The Morgan fingerprint density at radius 3 is 2.81 bits per heavy atom. The molecule has 2 heterocycles. The smallest absolute Gasteiger partial charge is 0.226 e. The zero-order chi connectivity index (χ0) is 18.3. The highest BCUT2D eigenvalue weighted by Gasteiger charge is 2.30. The van der Waals surface area contributed by atoms with E-state index in [1.54, 1.807) is 10.7 Å². The molecular formula is C20H20N4O2. The van der Waals surface area contributed by atoms with E-state index in [0.717, 1.165) is 28.7 Å². The largest absolute Gasteiger partial charge is 0.309 e. The van der Waals surface area contributed by atoms with Crippen molar-refractivity contribution in [1.82, 2.24) is 15.0 Å². The number of aromatic nitrogens is 3. The van der Waals surface area contributed by atoms with Gasteiger partial charge in [0.1, 0.15) is 12.1 Å². The van der Waals surface area contributed by atoms with E-state index >= 15 is 0 Å². The van der Waals surface area contributed by atoms with E-state index in [-0.39, 0.29) is 24.3 Å². The van der Waals surface area contributed by atoms with Crippen LogP contribution >= 0.6 is 0 Å². The molecule has 132 valence electrons. The maximum atomic E-state index is 12.7. The predicted octanol–water partition coefficient (Wildman–Crippen LogP) is 3.00. The number of fused-ring (bicyclic) bond motifs is 2. The normalized spacial score (nSPS) is 16.1. The van der Waals surface area contributed by atoms with Crippen LogP contribution in [0.5, 0.6) is 0 Å². The summed E-state index contributed by atoms with van der Waals surface area (Å²) < 4.78 is 1.63. The average molecular weight is 348 g/mol. The van der Waals surface area contributed by atoms with Gasteiger partial charge in [-0.2, -0.15) is 0 Å². The Hall–Kier alpha value is -3.02. The fourth-order valence-corrected chi connectivity index (χ4v) is 3.62. The number of rotatable bonds is 4. The van der Waals surface area contributed by atoms with Crippen molar-refractivity contribution in [3.63, 3.8) is 0 Å². The fourth-order valence-electron chi connectivity index (χ4n) is 3.62. The monoisotopic (exact) mass is 348 g/mol. The molecule has 0 bridgehead atoms. The standard InChI is InChI=1S/C20H20N4O2/c1-3-20(26)24-13(2)10-15-11-14(8-9-17(15)24)19(25)12-23-18-7-5-4-6-16(18)21-22-23/h4-9,11,13H,3,10,12H2,1-2H3. The summed E-state index contributed by atoms with van der Waals surface area (Å²) in [7, 11) is 0. The molecule has 1 aliphatic heterocycles. The Morgan fingerprint density at radius 1 is 1.19 bits per heavy atom. The highest BCUT2D eigenvalue weighted by molar-refractivity contribution is 6.00. The zero-order valence-electron chi connectivity index (χ0n) is 14.8. The molecule has 1 unspecified atom stereocenters. The first-order valence-corrected chi connectivity index (χ1v) is 8.85.